The van der Waals surface area contributed by atoms with Gasteiger partial charge in [-0.3, -0.25) is 0 Å². The van der Waals surface area contributed by atoms with Gasteiger partial charge in [-0.25, -0.2) is 0 Å². The molecule has 0 aliphatic heterocycles. The van der Waals surface area contributed by atoms with E-state index in [1.165, 1.54) is 0 Å². The first-order valence-corrected chi connectivity index (χ1v) is 5.65. The molecule has 4 atom stereocenters. The van der Waals surface area contributed by atoms with Crippen LogP contribution in [0, 0.1) is 5.92 Å². The van der Waals surface area contributed by atoms with Crippen LogP contribution in [0.2, 0.25) is 0 Å². The summed E-state index contributed by atoms with van der Waals surface area (Å²) in [7, 11) is 0. The van der Waals surface area contributed by atoms with Crippen LogP contribution < -0.4 is 11.1 Å². The molecule has 0 aliphatic rings. The Labute approximate surface area is 88.1 Å². The third-order valence-corrected chi connectivity index (χ3v) is 2.78. The van der Waals surface area contributed by atoms with Crippen LogP contribution in [-0.2, 0) is 0 Å². The fourth-order valence-electron chi connectivity index (χ4n) is 1.69. The van der Waals surface area contributed by atoms with Crippen molar-refractivity contribution in [2.24, 2.45) is 11.7 Å². The van der Waals surface area contributed by atoms with Crippen LogP contribution in [0.3, 0.4) is 0 Å². The third-order valence-electron chi connectivity index (χ3n) is 2.78. The Bertz CT molecular complexity index is 139. The van der Waals surface area contributed by atoms with E-state index in [0.717, 1.165) is 12.8 Å². The molecule has 14 heavy (non-hydrogen) atoms. The highest BCUT2D eigenvalue weighted by atomic mass is 16.3. The first-order valence-electron chi connectivity index (χ1n) is 5.65. The average molecular weight is 202 g/mol. The summed E-state index contributed by atoms with van der Waals surface area (Å²) in [6.07, 6.45) is 1.68. The normalized spacial score (nSPS) is 20.1. The molecule has 0 heterocycles. The van der Waals surface area contributed by atoms with Crippen LogP contribution in [0.25, 0.3) is 0 Å². The van der Waals surface area contributed by atoms with Crippen LogP contribution in [0.1, 0.15) is 40.5 Å². The molecule has 0 fully saturated rings. The first kappa shape index (κ1) is 13.9. The van der Waals surface area contributed by atoms with Crippen LogP contribution in [0.15, 0.2) is 0 Å². The van der Waals surface area contributed by atoms with Gasteiger partial charge in [-0.05, 0) is 26.2 Å². The van der Waals surface area contributed by atoms with Crippen molar-refractivity contribution >= 4 is 0 Å². The van der Waals surface area contributed by atoms with Crippen molar-refractivity contribution in [2.75, 3.05) is 6.54 Å². The Hall–Kier alpha value is -0.120. The molecule has 0 aromatic heterocycles. The molecule has 0 aromatic rings. The monoisotopic (exact) mass is 202 g/mol. The zero-order chi connectivity index (χ0) is 11.1. The van der Waals surface area contributed by atoms with Gasteiger partial charge in [-0.1, -0.05) is 20.3 Å². The van der Waals surface area contributed by atoms with Gasteiger partial charge in [-0.15, -0.1) is 0 Å². The van der Waals surface area contributed by atoms with Crippen molar-refractivity contribution < 1.29 is 5.11 Å². The van der Waals surface area contributed by atoms with Crippen molar-refractivity contribution in [3.8, 4) is 0 Å². The Morgan fingerprint density at radius 2 is 1.86 bits per heavy atom. The van der Waals surface area contributed by atoms with Crippen molar-refractivity contribution in [3.05, 3.63) is 0 Å². The Balaban J connectivity index is 3.91. The van der Waals surface area contributed by atoms with E-state index >= 15 is 0 Å². The lowest BCUT2D eigenvalue weighted by molar-refractivity contribution is 0.164. The molecular weight excluding hydrogens is 176 g/mol. The molecule has 0 amide bonds. The highest BCUT2D eigenvalue weighted by Gasteiger charge is 2.16. The van der Waals surface area contributed by atoms with Crippen LogP contribution in [-0.4, -0.2) is 29.8 Å². The topological polar surface area (TPSA) is 58.3 Å². The van der Waals surface area contributed by atoms with Crippen molar-refractivity contribution in [1.29, 1.82) is 0 Å². The molecule has 0 rings (SSSR count). The van der Waals surface area contributed by atoms with Crippen LogP contribution >= 0.6 is 0 Å². The largest absolute Gasteiger partial charge is 0.393 e. The lowest BCUT2D eigenvalue weighted by Gasteiger charge is -2.27. The Morgan fingerprint density at radius 3 is 2.21 bits per heavy atom. The lowest BCUT2D eigenvalue weighted by Crippen LogP contribution is -2.46. The van der Waals surface area contributed by atoms with Gasteiger partial charge < -0.3 is 16.2 Å². The van der Waals surface area contributed by atoms with E-state index in [1.54, 1.807) is 0 Å². The number of aliphatic hydroxyl groups is 1. The van der Waals surface area contributed by atoms with E-state index in [2.05, 4.69) is 26.1 Å². The highest BCUT2D eigenvalue weighted by Crippen LogP contribution is 2.08. The van der Waals surface area contributed by atoms with Gasteiger partial charge in [0.15, 0.2) is 0 Å². The second kappa shape index (κ2) is 7.21. The number of nitrogens with two attached hydrogens (primary N) is 1. The minimum absolute atomic E-state index is 0.243. The molecule has 0 saturated heterocycles. The van der Waals surface area contributed by atoms with Crippen LogP contribution in [0.5, 0.6) is 0 Å². The molecule has 0 radical (unpaired) electrons. The molecule has 0 saturated carbocycles. The van der Waals surface area contributed by atoms with E-state index in [4.69, 9.17) is 5.73 Å². The number of aliphatic hydroxyl groups excluding tert-OH is 1. The average Bonchev–Trinajstić information content (AvgIpc) is 2.11. The van der Waals surface area contributed by atoms with E-state index in [-0.39, 0.29) is 6.10 Å². The van der Waals surface area contributed by atoms with Gasteiger partial charge >= 0.3 is 0 Å². The minimum Gasteiger partial charge on any atom is -0.393 e. The molecule has 3 nitrogen and oxygen atoms in total. The van der Waals surface area contributed by atoms with E-state index in [0.29, 0.717) is 24.5 Å². The predicted molar refractivity (Wildman–Crippen MR) is 61.2 cm³/mol. The predicted octanol–water partition coefficient (Wildman–Crippen LogP) is 1.11. The molecule has 0 bridgehead atoms. The maximum atomic E-state index is 9.23. The summed E-state index contributed by atoms with van der Waals surface area (Å²) < 4.78 is 0. The van der Waals surface area contributed by atoms with Gasteiger partial charge in [-0.2, -0.15) is 0 Å². The van der Waals surface area contributed by atoms with Gasteiger partial charge in [0.1, 0.15) is 0 Å². The Morgan fingerprint density at radius 1 is 1.29 bits per heavy atom. The lowest BCUT2D eigenvalue weighted by atomic mass is 9.98. The summed E-state index contributed by atoms with van der Waals surface area (Å²) in [5.74, 6) is 0.594. The minimum atomic E-state index is -0.243. The van der Waals surface area contributed by atoms with Gasteiger partial charge in [0.05, 0.1) is 6.10 Å². The number of rotatable bonds is 7. The van der Waals surface area contributed by atoms with Crippen molar-refractivity contribution in [1.82, 2.24) is 5.32 Å². The summed E-state index contributed by atoms with van der Waals surface area (Å²) in [6.45, 7) is 8.96. The highest BCUT2D eigenvalue weighted by molar-refractivity contribution is 4.77. The number of hydrogen-bond donors (Lipinski definition) is 3. The molecular formula is C11H26N2O. The second-order valence-electron chi connectivity index (χ2n) is 4.38. The fourth-order valence-corrected chi connectivity index (χ4v) is 1.69. The standard InChI is InChI=1S/C11H26N2O/c1-5-8(2)11(7-12)13-9(3)6-10(4)14/h8-11,13-14H,5-7,12H2,1-4H3. The maximum Gasteiger partial charge on any atom is 0.0526 e. The SMILES string of the molecule is CCC(C)C(CN)NC(C)CC(C)O. The van der Waals surface area contributed by atoms with Crippen molar-refractivity contribution in [2.45, 2.75) is 58.7 Å². The number of nitrogens with one attached hydrogen (secondary N) is 1. The molecule has 0 aromatic carbocycles. The van der Waals surface area contributed by atoms with Gasteiger partial charge in [0.2, 0.25) is 0 Å². The first-order chi connectivity index (χ1) is 6.51. The van der Waals surface area contributed by atoms with E-state index in [1.807, 2.05) is 6.92 Å². The fraction of sp³-hybridized carbons (Fsp3) is 1.00. The van der Waals surface area contributed by atoms with E-state index in [9.17, 15) is 5.11 Å². The molecule has 0 aliphatic carbocycles. The maximum absolute atomic E-state index is 9.23. The van der Waals surface area contributed by atoms with Crippen LogP contribution in [0.4, 0.5) is 0 Å². The van der Waals surface area contributed by atoms with Gasteiger partial charge in [0.25, 0.3) is 0 Å². The summed E-state index contributed by atoms with van der Waals surface area (Å²) in [5, 5.41) is 12.7. The summed E-state index contributed by atoms with van der Waals surface area (Å²) in [5.41, 5.74) is 5.70. The molecule has 86 valence electrons. The molecule has 4 N–H and O–H groups in total. The van der Waals surface area contributed by atoms with Crippen molar-refractivity contribution in [3.63, 3.8) is 0 Å². The zero-order valence-corrected chi connectivity index (χ0v) is 9.96. The molecule has 3 heteroatoms. The zero-order valence-electron chi connectivity index (χ0n) is 9.96. The summed E-state index contributed by atoms with van der Waals surface area (Å²) >= 11 is 0. The smallest absolute Gasteiger partial charge is 0.0526 e. The third kappa shape index (κ3) is 5.58. The molecule has 0 spiro atoms. The van der Waals surface area contributed by atoms with Gasteiger partial charge in [0, 0.05) is 18.6 Å². The second-order valence-corrected chi connectivity index (χ2v) is 4.38. The Kier molecular flexibility index (Phi) is 7.15. The summed E-state index contributed by atoms with van der Waals surface area (Å²) in [4.78, 5) is 0. The number of hydrogen-bond acceptors (Lipinski definition) is 3. The quantitative estimate of drug-likeness (QED) is 0.579. The summed E-state index contributed by atoms with van der Waals surface area (Å²) in [6, 6.07) is 0.700. The molecule has 4 unspecified atom stereocenters. The van der Waals surface area contributed by atoms with E-state index < -0.39 is 0 Å².